The molecular weight excluding hydrogens is 594 g/mol. The van der Waals surface area contributed by atoms with Crippen LogP contribution in [0.5, 0.6) is 5.75 Å². The first kappa shape index (κ1) is 23.7. The minimum Gasteiger partial charge on any atom is -0.490 e. The zero-order chi connectivity index (χ0) is 21.2. The van der Waals surface area contributed by atoms with Crippen LogP contribution in [0.1, 0.15) is 25.0 Å². The van der Waals surface area contributed by atoms with Gasteiger partial charge in [-0.15, -0.1) is 0 Å². The van der Waals surface area contributed by atoms with Crippen LogP contribution in [0.25, 0.3) is 0 Å². The van der Waals surface area contributed by atoms with Gasteiger partial charge in [0.2, 0.25) is 0 Å². The van der Waals surface area contributed by atoms with E-state index in [0.717, 1.165) is 26.0 Å². The maximum absolute atomic E-state index is 11.2. The van der Waals surface area contributed by atoms with Crippen molar-refractivity contribution in [2.75, 3.05) is 13.2 Å². The topological polar surface area (TPSA) is 55.8 Å². The largest absolute Gasteiger partial charge is 0.490 e. The molecule has 2 aromatic carbocycles. The Morgan fingerprint density at radius 1 is 1.21 bits per heavy atom. The summed E-state index contributed by atoms with van der Waals surface area (Å²) in [4.78, 5) is 11.2. The van der Waals surface area contributed by atoms with E-state index in [2.05, 4.69) is 63.1 Å². The van der Waals surface area contributed by atoms with Crippen LogP contribution >= 0.6 is 45.2 Å². The summed E-state index contributed by atoms with van der Waals surface area (Å²) in [7, 11) is 0. The fourth-order valence-electron chi connectivity index (χ4n) is 2.43. The molecule has 0 aromatic heterocycles. The normalized spacial score (nSPS) is 12.1. The Hall–Kier alpha value is -1.57. The molecule has 4 nitrogen and oxygen atoms in total. The molecular formula is C23H22I2O4. The van der Waals surface area contributed by atoms with E-state index in [1.54, 1.807) is 6.92 Å². The summed E-state index contributed by atoms with van der Waals surface area (Å²) in [6, 6.07) is 13.6. The summed E-state index contributed by atoms with van der Waals surface area (Å²) >= 11 is 4.58. The lowest BCUT2D eigenvalue weighted by molar-refractivity contribution is -0.149. The fraction of sp³-hybridized carbons (Fsp3) is 0.261. The van der Waals surface area contributed by atoms with E-state index in [-0.39, 0.29) is 0 Å². The number of allylic oxidation sites excluding steroid dienone is 1. The van der Waals surface area contributed by atoms with Gasteiger partial charge in [-0.25, -0.2) is 4.79 Å². The van der Waals surface area contributed by atoms with Crippen LogP contribution in [0.4, 0.5) is 0 Å². The highest BCUT2D eigenvalue weighted by Crippen LogP contribution is 2.16. The molecule has 0 radical (unpaired) electrons. The quantitative estimate of drug-likeness (QED) is 0.323. The molecule has 152 valence electrons. The van der Waals surface area contributed by atoms with Crippen LogP contribution in [0.2, 0.25) is 0 Å². The van der Waals surface area contributed by atoms with Crippen molar-refractivity contribution in [2.24, 2.45) is 0 Å². The summed E-state index contributed by atoms with van der Waals surface area (Å²) in [5.41, 5.74) is 2.85. The monoisotopic (exact) mass is 616 g/mol. The first-order valence-electron chi connectivity index (χ1n) is 9.09. The molecule has 29 heavy (non-hydrogen) atoms. The van der Waals surface area contributed by atoms with Gasteiger partial charge in [-0.1, -0.05) is 24.0 Å². The molecule has 2 aromatic rings. The van der Waals surface area contributed by atoms with Crippen molar-refractivity contribution in [2.45, 2.75) is 26.4 Å². The summed E-state index contributed by atoms with van der Waals surface area (Å²) in [6.45, 7) is 4.53. The van der Waals surface area contributed by atoms with Crippen LogP contribution in [0.15, 0.2) is 54.1 Å². The number of hydrogen-bond acceptors (Lipinski definition) is 3. The third-order valence-corrected chi connectivity index (χ3v) is 5.52. The number of hydrogen-bond donors (Lipinski definition) is 1. The Balaban J connectivity index is 1.90. The van der Waals surface area contributed by atoms with Gasteiger partial charge in [0, 0.05) is 25.7 Å². The summed E-state index contributed by atoms with van der Waals surface area (Å²) in [5.74, 6) is 6.12. The second-order valence-corrected chi connectivity index (χ2v) is 8.61. The molecule has 0 aliphatic heterocycles. The predicted octanol–water partition coefficient (Wildman–Crippen LogP) is 5.30. The summed E-state index contributed by atoms with van der Waals surface area (Å²) in [5, 5.41) is 9.16. The van der Waals surface area contributed by atoms with Gasteiger partial charge in [-0.2, -0.15) is 0 Å². The van der Waals surface area contributed by atoms with E-state index in [1.807, 2.05) is 49.4 Å². The van der Waals surface area contributed by atoms with Gasteiger partial charge in [0.1, 0.15) is 12.4 Å². The summed E-state index contributed by atoms with van der Waals surface area (Å²) in [6.07, 6.45) is 1.44. The molecule has 2 rings (SSSR count). The highest BCUT2D eigenvalue weighted by molar-refractivity contribution is 14.1. The molecule has 0 bridgehead atoms. The van der Waals surface area contributed by atoms with Crippen molar-refractivity contribution in [1.29, 1.82) is 0 Å². The number of carboxylic acids is 1. The lowest BCUT2D eigenvalue weighted by Crippen LogP contribution is -2.26. The molecule has 6 heteroatoms. The van der Waals surface area contributed by atoms with Crippen LogP contribution in [0.3, 0.4) is 0 Å². The Labute approximate surface area is 199 Å². The number of aliphatic carboxylic acids is 1. The zero-order valence-electron chi connectivity index (χ0n) is 16.2. The van der Waals surface area contributed by atoms with E-state index < -0.39 is 12.1 Å². The maximum atomic E-state index is 11.2. The molecule has 0 saturated carbocycles. The molecule has 0 heterocycles. The molecule has 0 spiro atoms. The Morgan fingerprint density at radius 3 is 2.55 bits per heavy atom. The van der Waals surface area contributed by atoms with Crippen molar-refractivity contribution < 1.29 is 19.4 Å². The predicted molar refractivity (Wildman–Crippen MR) is 131 cm³/mol. The van der Waals surface area contributed by atoms with E-state index in [1.165, 1.54) is 3.57 Å². The second kappa shape index (κ2) is 12.2. The maximum Gasteiger partial charge on any atom is 0.333 e. The third-order valence-electron chi connectivity index (χ3n) is 3.95. The molecule has 0 fully saturated rings. The van der Waals surface area contributed by atoms with Crippen LogP contribution in [-0.4, -0.2) is 30.4 Å². The third kappa shape index (κ3) is 8.36. The van der Waals surface area contributed by atoms with Gasteiger partial charge in [0.15, 0.2) is 6.10 Å². The second-order valence-electron chi connectivity index (χ2n) is 6.20. The van der Waals surface area contributed by atoms with E-state index in [4.69, 9.17) is 14.6 Å². The fourth-order valence-corrected chi connectivity index (χ4v) is 4.16. The van der Waals surface area contributed by atoms with Crippen molar-refractivity contribution in [3.8, 4) is 17.6 Å². The Kier molecular flexibility index (Phi) is 9.97. The van der Waals surface area contributed by atoms with Gasteiger partial charge >= 0.3 is 5.97 Å². The summed E-state index contributed by atoms with van der Waals surface area (Å²) < 4.78 is 13.3. The minimum absolute atomic E-state index is 0.329. The molecule has 1 N–H and O–H groups in total. The number of rotatable bonds is 8. The van der Waals surface area contributed by atoms with Crippen LogP contribution in [-0.2, 0) is 16.0 Å². The number of carboxylic acid groups (broad SMARTS) is 1. The standard InChI is InChI=1S/C23H22I2O4/c1-3-28-22(23(26)27)14-17-5-10-20(11-6-17)29-13-12-16(2)4-7-18-8-9-19(24)15-21(18)25/h5-6,8-12,15,22H,3,13-14H2,1-2H3,(H,26,27)/b16-12+. The smallest absolute Gasteiger partial charge is 0.333 e. The van der Waals surface area contributed by atoms with Gasteiger partial charge in [0.05, 0.1) is 0 Å². The van der Waals surface area contributed by atoms with E-state index in [0.29, 0.717) is 19.6 Å². The van der Waals surface area contributed by atoms with Crippen LogP contribution in [0, 0.1) is 19.0 Å². The van der Waals surface area contributed by atoms with Crippen molar-refractivity contribution in [3.63, 3.8) is 0 Å². The molecule has 0 amide bonds. The molecule has 0 saturated heterocycles. The van der Waals surface area contributed by atoms with Gasteiger partial charge in [-0.3, -0.25) is 0 Å². The minimum atomic E-state index is -0.950. The highest BCUT2D eigenvalue weighted by Gasteiger charge is 2.17. The molecule has 1 atom stereocenters. The van der Waals surface area contributed by atoms with E-state index >= 15 is 0 Å². The Bertz CT molecular complexity index is 924. The van der Waals surface area contributed by atoms with Crippen molar-refractivity contribution >= 4 is 51.2 Å². The average molecular weight is 616 g/mol. The molecule has 1 unspecified atom stereocenters. The van der Waals surface area contributed by atoms with Gasteiger partial charge < -0.3 is 14.6 Å². The van der Waals surface area contributed by atoms with Crippen LogP contribution < -0.4 is 4.74 Å². The lowest BCUT2D eigenvalue weighted by atomic mass is 10.1. The number of ether oxygens (including phenoxy) is 2. The van der Waals surface area contributed by atoms with Crippen molar-refractivity contribution in [1.82, 2.24) is 0 Å². The SMILES string of the molecule is CCOC(Cc1ccc(OC/C=C(\C)C#Cc2ccc(I)cc2I)cc1)C(=O)O. The van der Waals surface area contributed by atoms with Gasteiger partial charge in [0.25, 0.3) is 0 Å². The van der Waals surface area contributed by atoms with Crippen molar-refractivity contribution in [3.05, 3.63) is 72.4 Å². The molecule has 0 aliphatic rings. The lowest BCUT2D eigenvalue weighted by Gasteiger charge is -2.12. The zero-order valence-corrected chi connectivity index (χ0v) is 20.6. The number of benzene rings is 2. The highest BCUT2D eigenvalue weighted by atomic mass is 127. The van der Waals surface area contributed by atoms with E-state index in [9.17, 15) is 4.79 Å². The first-order valence-corrected chi connectivity index (χ1v) is 11.2. The first-order chi connectivity index (χ1) is 13.9. The number of halogens is 2. The Morgan fingerprint density at radius 2 is 1.93 bits per heavy atom. The molecule has 0 aliphatic carbocycles. The van der Waals surface area contributed by atoms with Gasteiger partial charge in [-0.05, 0) is 107 Å². The number of carbonyl (C=O) groups is 1. The average Bonchev–Trinajstić information content (AvgIpc) is 2.68.